The molecule has 2 aromatic rings. The highest BCUT2D eigenvalue weighted by Gasteiger charge is 2.31. The number of rotatable bonds is 3. The van der Waals surface area contributed by atoms with E-state index >= 15 is 0 Å². The summed E-state index contributed by atoms with van der Waals surface area (Å²) in [6.45, 7) is 0.563. The number of fused-ring (bicyclic) bond motifs is 1. The van der Waals surface area contributed by atoms with E-state index in [0.717, 1.165) is 0 Å². The topological polar surface area (TPSA) is 94.3 Å². The fraction of sp³-hybridized carbons (Fsp3) is 0.200. The van der Waals surface area contributed by atoms with E-state index in [1.165, 1.54) is 0 Å². The Morgan fingerprint density at radius 2 is 1.81 bits per heavy atom. The van der Waals surface area contributed by atoms with Crippen molar-refractivity contribution in [1.82, 2.24) is 10.7 Å². The number of ketones is 1. The highest BCUT2D eigenvalue weighted by Crippen LogP contribution is 2.31. The van der Waals surface area contributed by atoms with Crippen LogP contribution in [0.2, 0.25) is 5.02 Å². The first-order valence-corrected chi connectivity index (χ1v) is 6.68. The summed E-state index contributed by atoms with van der Waals surface area (Å²) in [5, 5.41) is 9.72. The maximum atomic E-state index is 12.4. The molecule has 0 saturated carbocycles. The molecule has 0 bridgehead atoms. The molecule has 0 amide bonds. The van der Waals surface area contributed by atoms with Crippen LogP contribution in [0.15, 0.2) is 36.4 Å². The van der Waals surface area contributed by atoms with E-state index in [4.69, 9.17) is 16.7 Å². The van der Waals surface area contributed by atoms with Gasteiger partial charge in [0.15, 0.2) is 0 Å². The summed E-state index contributed by atoms with van der Waals surface area (Å²) >= 11 is 5.81. The molecular formula is C15H15ClN2O3. The van der Waals surface area contributed by atoms with Crippen molar-refractivity contribution < 1.29 is 14.7 Å². The van der Waals surface area contributed by atoms with E-state index in [9.17, 15) is 9.59 Å². The van der Waals surface area contributed by atoms with Gasteiger partial charge in [0.05, 0.1) is 11.6 Å². The van der Waals surface area contributed by atoms with Crippen molar-refractivity contribution in [2.24, 2.45) is 0 Å². The molecule has 1 aliphatic rings. The number of hydrogen-bond acceptors (Lipinski definition) is 3. The maximum Gasteiger partial charge on any atom is 0.312 e. The fourth-order valence-electron chi connectivity index (χ4n) is 2.64. The number of carbonyl (C=O) groups excluding carboxylic acids is 1. The Bertz CT molecular complexity index is 691. The summed E-state index contributed by atoms with van der Waals surface area (Å²) in [4.78, 5) is 23.6. The molecular weight excluding hydrogens is 292 g/mol. The average molecular weight is 307 g/mol. The third-order valence-electron chi connectivity index (χ3n) is 3.65. The van der Waals surface area contributed by atoms with Gasteiger partial charge in [0.2, 0.25) is 5.78 Å². The Hall–Kier alpha value is -2.11. The summed E-state index contributed by atoms with van der Waals surface area (Å²) < 4.78 is 1.80. The first kappa shape index (κ1) is 15.3. The highest BCUT2D eigenvalue weighted by molar-refractivity contribution is 6.30. The molecule has 3 rings (SSSR count). The van der Waals surface area contributed by atoms with Gasteiger partial charge in [-0.25, -0.2) is 0 Å². The highest BCUT2D eigenvalue weighted by atomic mass is 35.5. The minimum absolute atomic E-state index is 0. The molecule has 0 saturated heterocycles. The van der Waals surface area contributed by atoms with Gasteiger partial charge < -0.3 is 15.8 Å². The average Bonchev–Trinajstić information content (AvgIpc) is 2.99. The predicted molar refractivity (Wildman–Crippen MR) is 79.3 cm³/mol. The van der Waals surface area contributed by atoms with Gasteiger partial charge in [0.25, 0.3) is 0 Å². The largest absolute Gasteiger partial charge is 0.481 e. The fourth-order valence-corrected chi connectivity index (χ4v) is 2.77. The van der Waals surface area contributed by atoms with Crippen LogP contribution in [-0.4, -0.2) is 21.4 Å². The van der Waals surface area contributed by atoms with Crippen molar-refractivity contribution in [1.29, 1.82) is 0 Å². The first-order chi connectivity index (χ1) is 9.58. The molecule has 1 aliphatic heterocycles. The van der Waals surface area contributed by atoms with E-state index in [-0.39, 0.29) is 11.9 Å². The van der Waals surface area contributed by atoms with Crippen molar-refractivity contribution in [3.05, 3.63) is 58.4 Å². The molecule has 21 heavy (non-hydrogen) atoms. The van der Waals surface area contributed by atoms with Crippen LogP contribution in [0.3, 0.4) is 0 Å². The van der Waals surface area contributed by atoms with Crippen molar-refractivity contribution in [2.75, 3.05) is 0 Å². The Morgan fingerprint density at radius 3 is 2.43 bits per heavy atom. The molecule has 1 unspecified atom stereocenters. The maximum absolute atomic E-state index is 12.4. The normalized spacial score (nSPS) is 16.1. The zero-order valence-electron chi connectivity index (χ0n) is 11.3. The van der Waals surface area contributed by atoms with Crippen LogP contribution in [0.4, 0.5) is 0 Å². The van der Waals surface area contributed by atoms with Crippen LogP contribution < -0.4 is 6.15 Å². The summed E-state index contributed by atoms with van der Waals surface area (Å²) in [5.41, 5.74) is 1.79. The van der Waals surface area contributed by atoms with Crippen molar-refractivity contribution >= 4 is 23.4 Å². The number of benzene rings is 1. The SMILES string of the molecule is N.O=C(c1ccc(Cl)cc1)c1ccc2n1CCC2C(=O)O. The molecule has 0 aliphatic carbocycles. The molecule has 6 heteroatoms. The van der Waals surface area contributed by atoms with Gasteiger partial charge >= 0.3 is 5.97 Å². The molecule has 0 fully saturated rings. The van der Waals surface area contributed by atoms with E-state index < -0.39 is 11.9 Å². The zero-order chi connectivity index (χ0) is 14.3. The van der Waals surface area contributed by atoms with Gasteiger partial charge in [-0.3, -0.25) is 9.59 Å². The number of aromatic nitrogens is 1. The molecule has 110 valence electrons. The monoisotopic (exact) mass is 306 g/mol. The summed E-state index contributed by atoms with van der Waals surface area (Å²) in [6, 6.07) is 10.1. The van der Waals surface area contributed by atoms with Crippen LogP contribution in [0, 0.1) is 0 Å². The Balaban J connectivity index is 0.00000161. The first-order valence-electron chi connectivity index (χ1n) is 6.30. The minimum Gasteiger partial charge on any atom is -0.481 e. The predicted octanol–water partition coefficient (Wildman–Crippen LogP) is 3.11. The number of aliphatic carboxylic acids is 1. The number of halogens is 1. The lowest BCUT2D eigenvalue weighted by atomic mass is 10.1. The third kappa shape index (κ3) is 2.57. The van der Waals surface area contributed by atoms with Crippen LogP contribution >= 0.6 is 11.6 Å². The Morgan fingerprint density at radius 1 is 1.14 bits per heavy atom. The second-order valence-corrected chi connectivity index (χ2v) is 5.25. The Kier molecular flexibility index (Phi) is 4.16. The van der Waals surface area contributed by atoms with Crippen molar-refractivity contribution in [3.8, 4) is 0 Å². The third-order valence-corrected chi connectivity index (χ3v) is 3.90. The number of hydrogen-bond donors (Lipinski definition) is 2. The number of carboxylic acids is 1. The lowest BCUT2D eigenvalue weighted by Crippen LogP contribution is -2.09. The van der Waals surface area contributed by atoms with Crippen LogP contribution in [0.5, 0.6) is 0 Å². The Labute approximate surface area is 126 Å². The molecule has 0 spiro atoms. The number of carbonyl (C=O) groups is 2. The molecule has 0 radical (unpaired) electrons. The second-order valence-electron chi connectivity index (χ2n) is 4.81. The van der Waals surface area contributed by atoms with Gasteiger partial charge in [-0.05, 0) is 42.8 Å². The van der Waals surface area contributed by atoms with Gasteiger partial charge in [-0.2, -0.15) is 0 Å². The van der Waals surface area contributed by atoms with Crippen LogP contribution in [-0.2, 0) is 11.3 Å². The molecule has 1 aromatic heterocycles. The smallest absolute Gasteiger partial charge is 0.312 e. The van der Waals surface area contributed by atoms with E-state index in [0.29, 0.717) is 34.9 Å². The van der Waals surface area contributed by atoms with Gasteiger partial charge in [-0.1, -0.05) is 11.6 Å². The standard InChI is InChI=1S/C15H12ClNO3.H3N/c16-10-3-1-9(2-4-10)14(18)13-6-5-12-11(15(19)20)7-8-17(12)13;/h1-6,11H,7-8H2,(H,19,20);1H3. The quantitative estimate of drug-likeness (QED) is 0.852. The van der Waals surface area contributed by atoms with Crippen LogP contribution in [0.25, 0.3) is 0 Å². The molecule has 1 atom stereocenters. The van der Waals surface area contributed by atoms with Crippen LogP contribution in [0.1, 0.15) is 34.1 Å². The van der Waals surface area contributed by atoms with E-state index in [2.05, 4.69) is 0 Å². The molecule has 5 nitrogen and oxygen atoms in total. The van der Waals surface area contributed by atoms with Gasteiger partial charge in [0.1, 0.15) is 0 Å². The minimum atomic E-state index is -0.840. The summed E-state index contributed by atoms with van der Waals surface area (Å²) in [7, 11) is 0. The molecule has 2 heterocycles. The number of carboxylic acid groups (broad SMARTS) is 1. The van der Waals surface area contributed by atoms with E-state index in [1.807, 2.05) is 0 Å². The molecule has 1 aromatic carbocycles. The second kappa shape index (κ2) is 5.71. The van der Waals surface area contributed by atoms with E-state index in [1.54, 1.807) is 41.0 Å². The zero-order valence-corrected chi connectivity index (χ0v) is 12.0. The lowest BCUT2D eigenvalue weighted by Gasteiger charge is -2.05. The summed E-state index contributed by atoms with van der Waals surface area (Å²) in [6.07, 6.45) is 0.534. The van der Waals surface area contributed by atoms with Crippen molar-refractivity contribution in [3.63, 3.8) is 0 Å². The summed E-state index contributed by atoms with van der Waals surface area (Å²) in [5.74, 6) is -1.46. The van der Waals surface area contributed by atoms with Crippen molar-refractivity contribution in [2.45, 2.75) is 18.9 Å². The lowest BCUT2D eigenvalue weighted by molar-refractivity contribution is -0.138. The van der Waals surface area contributed by atoms with Gasteiger partial charge in [0, 0.05) is 22.8 Å². The molecule has 4 N–H and O–H groups in total. The number of nitrogens with zero attached hydrogens (tertiary/aromatic N) is 1. The van der Waals surface area contributed by atoms with Gasteiger partial charge in [-0.15, -0.1) is 0 Å².